The fraction of sp³-hybridized carbons (Fsp3) is 0.966. The molecule has 22 nitrogen and oxygen atoms in total. The van der Waals surface area contributed by atoms with Crippen LogP contribution in [0.5, 0.6) is 0 Å². The van der Waals surface area contributed by atoms with Crippen LogP contribution in [0.1, 0.15) is 26.7 Å². The zero-order valence-electron chi connectivity index (χ0n) is 27.9. The minimum Gasteiger partial charge on any atom is -0.477 e. The SMILES string of the molecule is CC1C(O)[C@H](O[C@@H]2OC(CO[C@]3(C(=O)O)C[C@@H](O)[C@@H](N)C([C@H](O)C(O)CO)O3)[C@H](O)C(O)[C@@H]2O)[C@H](CO)O[C@H]1O[C@H](C(O)[C@H](O)CCO)[C@@H](C)O. The van der Waals surface area contributed by atoms with Crippen molar-refractivity contribution in [1.29, 1.82) is 0 Å². The van der Waals surface area contributed by atoms with Crippen LogP contribution in [0, 0.1) is 5.92 Å². The number of carbonyl (C=O) groups is 1. The highest BCUT2D eigenvalue weighted by Crippen LogP contribution is 2.36. The summed E-state index contributed by atoms with van der Waals surface area (Å²) in [6, 6.07) is -1.44. The Morgan fingerprint density at radius 3 is 2.08 bits per heavy atom. The van der Waals surface area contributed by atoms with Gasteiger partial charge >= 0.3 is 5.97 Å². The summed E-state index contributed by atoms with van der Waals surface area (Å²) in [5, 5.41) is 143. The summed E-state index contributed by atoms with van der Waals surface area (Å²) in [7, 11) is 0. The highest BCUT2D eigenvalue weighted by Gasteiger charge is 2.56. The zero-order valence-corrected chi connectivity index (χ0v) is 27.9. The van der Waals surface area contributed by atoms with E-state index in [9.17, 15) is 71.2 Å². The van der Waals surface area contributed by atoms with Gasteiger partial charge in [0.2, 0.25) is 0 Å². The predicted molar refractivity (Wildman–Crippen MR) is 162 cm³/mol. The minimum atomic E-state index is -2.78. The number of aliphatic hydroxyl groups is 13. The molecule has 51 heavy (non-hydrogen) atoms. The van der Waals surface area contributed by atoms with E-state index in [2.05, 4.69) is 0 Å². The van der Waals surface area contributed by atoms with E-state index >= 15 is 0 Å². The molecule has 0 saturated carbocycles. The molecule has 0 aromatic carbocycles. The topological polar surface area (TPSA) is 382 Å². The Labute approximate surface area is 291 Å². The van der Waals surface area contributed by atoms with Gasteiger partial charge in [0, 0.05) is 18.9 Å². The van der Waals surface area contributed by atoms with Gasteiger partial charge in [-0.05, 0) is 13.3 Å². The summed E-state index contributed by atoms with van der Waals surface area (Å²) >= 11 is 0. The lowest BCUT2D eigenvalue weighted by Gasteiger charge is -2.48. The molecule has 3 heterocycles. The number of ether oxygens (including phenoxy) is 6. The summed E-state index contributed by atoms with van der Waals surface area (Å²) in [6.07, 6.45) is -30.0. The first-order valence-electron chi connectivity index (χ1n) is 16.4. The maximum atomic E-state index is 12.4. The Morgan fingerprint density at radius 1 is 0.902 bits per heavy atom. The van der Waals surface area contributed by atoms with Crippen molar-refractivity contribution in [2.75, 3.05) is 26.4 Å². The molecule has 3 rings (SSSR count). The second kappa shape index (κ2) is 18.8. The number of rotatable bonds is 17. The van der Waals surface area contributed by atoms with E-state index in [1.54, 1.807) is 0 Å². The molecule has 3 fully saturated rings. The van der Waals surface area contributed by atoms with Gasteiger partial charge in [0.05, 0.1) is 50.3 Å². The molecule has 0 radical (unpaired) electrons. The average Bonchev–Trinajstić information content (AvgIpc) is 3.09. The van der Waals surface area contributed by atoms with Crippen molar-refractivity contribution < 1.29 is 105 Å². The number of nitrogens with two attached hydrogens (primary N) is 1. The fourth-order valence-electron chi connectivity index (χ4n) is 6.11. The van der Waals surface area contributed by atoms with Gasteiger partial charge < -0.3 is 106 Å². The average molecular weight is 752 g/mol. The summed E-state index contributed by atoms with van der Waals surface area (Å²) in [4.78, 5) is 12.4. The van der Waals surface area contributed by atoms with Gasteiger partial charge in [0.25, 0.3) is 5.79 Å². The van der Waals surface area contributed by atoms with Crippen LogP contribution in [0.2, 0.25) is 0 Å². The van der Waals surface area contributed by atoms with Crippen LogP contribution in [-0.4, -0.2) is 220 Å². The molecule has 0 aliphatic carbocycles. The van der Waals surface area contributed by atoms with E-state index in [-0.39, 0.29) is 6.42 Å². The van der Waals surface area contributed by atoms with Crippen molar-refractivity contribution in [1.82, 2.24) is 0 Å². The molecule has 0 spiro atoms. The molecule has 7 unspecified atom stereocenters. The second-order valence-electron chi connectivity index (χ2n) is 13.1. The number of aliphatic hydroxyl groups excluding tert-OH is 13. The third-order valence-corrected chi connectivity index (χ3v) is 9.39. The van der Waals surface area contributed by atoms with Crippen LogP contribution >= 0.6 is 0 Å². The smallest absolute Gasteiger partial charge is 0.364 e. The minimum absolute atomic E-state index is 0.248. The number of carboxylic acid groups (broad SMARTS) is 1. The molecule has 0 amide bonds. The Kier molecular flexibility index (Phi) is 16.3. The molecule has 0 aromatic rings. The second-order valence-corrected chi connectivity index (χ2v) is 13.1. The first-order chi connectivity index (χ1) is 23.8. The largest absolute Gasteiger partial charge is 0.477 e. The monoisotopic (exact) mass is 751 g/mol. The normalized spacial score (nSPS) is 42.8. The van der Waals surface area contributed by atoms with Crippen LogP contribution in [0.4, 0.5) is 0 Å². The van der Waals surface area contributed by atoms with Gasteiger partial charge in [0.1, 0.15) is 67.1 Å². The van der Waals surface area contributed by atoms with E-state index < -0.39 is 161 Å². The van der Waals surface area contributed by atoms with Crippen molar-refractivity contribution in [2.24, 2.45) is 11.7 Å². The van der Waals surface area contributed by atoms with Gasteiger partial charge in [-0.15, -0.1) is 0 Å². The third kappa shape index (κ3) is 9.86. The zero-order chi connectivity index (χ0) is 38.5. The summed E-state index contributed by atoms with van der Waals surface area (Å²) in [5.74, 6) is -5.67. The van der Waals surface area contributed by atoms with Crippen molar-refractivity contribution >= 4 is 5.97 Å². The molecular formula is C29H53NO21. The maximum absolute atomic E-state index is 12.4. The van der Waals surface area contributed by atoms with Gasteiger partial charge in [-0.25, -0.2) is 4.79 Å². The fourth-order valence-corrected chi connectivity index (χ4v) is 6.11. The molecular weight excluding hydrogens is 698 g/mol. The lowest BCUT2D eigenvalue weighted by Crippen LogP contribution is -2.67. The number of hydrogen-bond acceptors (Lipinski definition) is 21. The summed E-state index contributed by atoms with van der Waals surface area (Å²) in [6.45, 7) is -0.576. The maximum Gasteiger partial charge on any atom is 0.364 e. The Balaban J connectivity index is 1.76. The predicted octanol–water partition coefficient (Wildman–Crippen LogP) is -8.25. The molecule has 0 aromatic heterocycles. The Hall–Kier alpha value is -1.33. The van der Waals surface area contributed by atoms with Crippen molar-refractivity contribution in [3.05, 3.63) is 0 Å². The standard InChI is InChI=1S/C29H53NO21/c1-9-17(38)24(14(7-33)47-26(9)49-23(10(2)34)18(39)11(35)3-4-31)50-27-22(43)21(42)20(41)15(48-27)8-46-29(28(44)45)5-12(36)16(30)25(51-29)19(40)13(37)6-32/h9-27,31-43H,3-8,30H2,1-2H3,(H,44,45)/t9?,10-,11-,12-,13?,14+,15?,16-,17?,18?,19-,20+,21?,22+,23+,24-,25?,26+,27+,29-/m1/s1. The first kappa shape index (κ1) is 44.1. The van der Waals surface area contributed by atoms with E-state index in [0.29, 0.717) is 0 Å². The summed E-state index contributed by atoms with van der Waals surface area (Å²) < 4.78 is 33.6. The van der Waals surface area contributed by atoms with Crippen LogP contribution in [0.3, 0.4) is 0 Å². The van der Waals surface area contributed by atoms with Gasteiger partial charge in [-0.1, -0.05) is 6.92 Å². The Bertz CT molecular complexity index is 1080. The number of hydrogen-bond donors (Lipinski definition) is 15. The molecule has 20 atom stereocenters. The molecule has 3 aliphatic heterocycles. The van der Waals surface area contributed by atoms with Crippen LogP contribution in [0.15, 0.2) is 0 Å². The molecule has 0 bridgehead atoms. The summed E-state index contributed by atoms with van der Waals surface area (Å²) in [5.41, 5.74) is 5.85. The highest BCUT2D eigenvalue weighted by atomic mass is 16.8. The first-order valence-corrected chi connectivity index (χ1v) is 16.4. The molecule has 3 saturated heterocycles. The highest BCUT2D eigenvalue weighted by molar-refractivity contribution is 5.76. The number of carboxylic acids is 1. The quantitative estimate of drug-likeness (QED) is 0.0656. The van der Waals surface area contributed by atoms with Gasteiger partial charge in [-0.3, -0.25) is 0 Å². The molecule has 16 N–H and O–H groups in total. The van der Waals surface area contributed by atoms with Crippen molar-refractivity contribution in [2.45, 2.75) is 143 Å². The molecule has 22 heteroatoms. The number of aliphatic carboxylic acids is 1. The third-order valence-electron chi connectivity index (χ3n) is 9.39. The van der Waals surface area contributed by atoms with Gasteiger partial charge in [-0.2, -0.15) is 0 Å². The van der Waals surface area contributed by atoms with Crippen LogP contribution < -0.4 is 5.73 Å². The van der Waals surface area contributed by atoms with E-state index in [1.165, 1.54) is 13.8 Å². The van der Waals surface area contributed by atoms with Crippen molar-refractivity contribution in [3.8, 4) is 0 Å². The van der Waals surface area contributed by atoms with Crippen LogP contribution in [-0.2, 0) is 33.2 Å². The lowest BCUT2D eigenvalue weighted by molar-refractivity contribution is -0.367. The van der Waals surface area contributed by atoms with Crippen molar-refractivity contribution in [3.63, 3.8) is 0 Å². The van der Waals surface area contributed by atoms with E-state index in [0.717, 1.165) is 0 Å². The Morgan fingerprint density at radius 2 is 1.53 bits per heavy atom. The molecule has 3 aliphatic rings. The van der Waals surface area contributed by atoms with Crippen LogP contribution in [0.25, 0.3) is 0 Å². The van der Waals surface area contributed by atoms with E-state index in [1.807, 2.05) is 0 Å². The lowest BCUT2D eigenvalue weighted by atomic mass is 9.89. The van der Waals surface area contributed by atoms with E-state index in [4.69, 9.17) is 39.3 Å². The van der Waals surface area contributed by atoms with Gasteiger partial charge in [0.15, 0.2) is 12.6 Å². The molecule has 300 valence electrons.